The predicted molar refractivity (Wildman–Crippen MR) is 83.2 cm³/mol. The zero-order valence-electron chi connectivity index (χ0n) is 11.5. The first kappa shape index (κ1) is 13.8. The summed E-state index contributed by atoms with van der Waals surface area (Å²) < 4.78 is 11.2. The Morgan fingerprint density at radius 3 is 2.81 bits per heavy atom. The highest BCUT2D eigenvalue weighted by Crippen LogP contribution is 2.31. The van der Waals surface area contributed by atoms with Gasteiger partial charge in [0.15, 0.2) is 11.5 Å². The van der Waals surface area contributed by atoms with Gasteiger partial charge in [-0.25, -0.2) is 0 Å². The van der Waals surface area contributed by atoms with Crippen LogP contribution in [0, 0.1) is 0 Å². The second kappa shape index (κ2) is 6.10. The first-order chi connectivity index (χ1) is 10.3. The highest BCUT2D eigenvalue weighted by molar-refractivity contribution is 7.98. The monoisotopic (exact) mass is 301 g/mol. The number of fused-ring (bicyclic) bond motifs is 1. The number of rotatable bonds is 3. The Bertz CT molecular complexity index is 659. The number of hydrogen-bond donors (Lipinski definition) is 1. The molecule has 1 heterocycles. The normalized spacial score (nSPS) is 16.3. The first-order valence-corrected chi connectivity index (χ1v) is 7.82. The maximum absolute atomic E-state index is 12.3. The quantitative estimate of drug-likeness (QED) is 0.885. The molecule has 0 radical (unpaired) electrons. The van der Waals surface area contributed by atoms with Crippen LogP contribution >= 0.6 is 11.8 Å². The largest absolute Gasteiger partial charge is 0.485 e. The second-order valence-corrected chi connectivity index (χ2v) is 5.47. The number of hydrogen-bond acceptors (Lipinski definition) is 4. The minimum atomic E-state index is -0.641. The SMILES string of the molecule is CSc1cccc(NC(=O)[C@H]2COc3ccccc3O2)c1. The Kier molecular flexibility index (Phi) is 4.01. The van der Waals surface area contributed by atoms with Crippen LogP contribution in [0.25, 0.3) is 0 Å². The minimum absolute atomic E-state index is 0.206. The average Bonchev–Trinajstić information content (AvgIpc) is 2.54. The van der Waals surface area contributed by atoms with Gasteiger partial charge in [-0.05, 0) is 36.6 Å². The third-order valence-electron chi connectivity index (χ3n) is 3.14. The molecule has 108 valence electrons. The number of benzene rings is 2. The van der Waals surface area contributed by atoms with Crippen molar-refractivity contribution in [1.82, 2.24) is 0 Å². The summed E-state index contributed by atoms with van der Waals surface area (Å²) in [6.07, 6.45) is 1.36. The van der Waals surface area contributed by atoms with E-state index >= 15 is 0 Å². The summed E-state index contributed by atoms with van der Waals surface area (Å²) in [6, 6.07) is 15.0. The summed E-state index contributed by atoms with van der Waals surface area (Å²) >= 11 is 1.63. The van der Waals surface area contributed by atoms with E-state index in [1.54, 1.807) is 17.8 Å². The third kappa shape index (κ3) is 3.13. The number of carbonyl (C=O) groups is 1. The third-order valence-corrected chi connectivity index (χ3v) is 3.86. The lowest BCUT2D eigenvalue weighted by atomic mass is 10.2. The van der Waals surface area contributed by atoms with Crippen molar-refractivity contribution in [3.8, 4) is 11.5 Å². The molecule has 1 atom stereocenters. The van der Waals surface area contributed by atoms with Crippen LogP contribution in [0.15, 0.2) is 53.4 Å². The Morgan fingerprint density at radius 2 is 2.00 bits per heavy atom. The first-order valence-electron chi connectivity index (χ1n) is 6.59. The van der Waals surface area contributed by atoms with Gasteiger partial charge in [0.25, 0.3) is 5.91 Å². The van der Waals surface area contributed by atoms with Crippen molar-refractivity contribution in [1.29, 1.82) is 0 Å². The van der Waals surface area contributed by atoms with E-state index in [1.165, 1.54) is 0 Å². The van der Waals surface area contributed by atoms with Gasteiger partial charge in [-0.1, -0.05) is 18.2 Å². The molecule has 5 heteroatoms. The summed E-state index contributed by atoms with van der Waals surface area (Å²) in [7, 11) is 0. The van der Waals surface area contributed by atoms with Gasteiger partial charge in [-0.2, -0.15) is 0 Å². The molecule has 0 aliphatic carbocycles. The Labute approximate surface area is 127 Å². The van der Waals surface area contributed by atoms with Crippen molar-refractivity contribution >= 4 is 23.4 Å². The van der Waals surface area contributed by atoms with Crippen LogP contribution in [0.2, 0.25) is 0 Å². The Morgan fingerprint density at radius 1 is 1.19 bits per heavy atom. The van der Waals surface area contributed by atoms with Crippen LogP contribution in [-0.2, 0) is 4.79 Å². The van der Waals surface area contributed by atoms with Crippen molar-refractivity contribution in [2.24, 2.45) is 0 Å². The minimum Gasteiger partial charge on any atom is -0.485 e. The molecule has 1 aliphatic heterocycles. The van der Waals surface area contributed by atoms with Crippen molar-refractivity contribution in [2.45, 2.75) is 11.0 Å². The maximum atomic E-state index is 12.3. The number of amides is 1. The van der Waals surface area contributed by atoms with E-state index in [0.29, 0.717) is 11.5 Å². The average molecular weight is 301 g/mol. The lowest BCUT2D eigenvalue weighted by Gasteiger charge is -2.25. The van der Waals surface area contributed by atoms with Crippen molar-refractivity contribution in [3.05, 3.63) is 48.5 Å². The molecular weight excluding hydrogens is 286 g/mol. The molecule has 4 nitrogen and oxygen atoms in total. The van der Waals surface area contributed by atoms with E-state index in [0.717, 1.165) is 10.6 Å². The van der Waals surface area contributed by atoms with Crippen LogP contribution in [-0.4, -0.2) is 24.9 Å². The zero-order chi connectivity index (χ0) is 14.7. The van der Waals surface area contributed by atoms with Gasteiger partial charge < -0.3 is 14.8 Å². The lowest BCUT2D eigenvalue weighted by Crippen LogP contribution is -2.40. The predicted octanol–water partition coefficient (Wildman–Crippen LogP) is 3.19. The number of anilines is 1. The molecule has 0 fully saturated rings. The van der Waals surface area contributed by atoms with Gasteiger partial charge in [0.05, 0.1) is 0 Å². The summed E-state index contributed by atoms with van der Waals surface area (Å²) in [4.78, 5) is 13.4. The highest BCUT2D eigenvalue weighted by Gasteiger charge is 2.27. The molecule has 21 heavy (non-hydrogen) atoms. The molecule has 0 saturated carbocycles. The number of nitrogens with one attached hydrogen (secondary N) is 1. The molecule has 3 rings (SSSR count). The van der Waals surface area contributed by atoms with Crippen molar-refractivity contribution in [2.75, 3.05) is 18.2 Å². The van der Waals surface area contributed by atoms with Crippen LogP contribution in [0.1, 0.15) is 0 Å². The fraction of sp³-hybridized carbons (Fsp3) is 0.188. The van der Waals surface area contributed by atoms with E-state index in [2.05, 4.69) is 5.32 Å². The topological polar surface area (TPSA) is 47.6 Å². The van der Waals surface area contributed by atoms with E-state index in [1.807, 2.05) is 48.7 Å². The fourth-order valence-corrected chi connectivity index (χ4v) is 2.53. The number of carbonyl (C=O) groups excluding carboxylic acids is 1. The Hall–Kier alpha value is -2.14. The highest BCUT2D eigenvalue weighted by atomic mass is 32.2. The van der Waals surface area contributed by atoms with E-state index in [4.69, 9.17) is 9.47 Å². The summed E-state index contributed by atoms with van der Waals surface area (Å²) in [6.45, 7) is 0.213. The molecule has 0 bridgehead atoms. The second-order valence-electron chi connectivity index (χ2n) is 4.59. The van der Waals surface area contributed by atoms with Crippen LogP contribution in [0.3, 0.4) is 0 Å². The van der Waals surface area contributed by atoms with E-state index in [-0.39, 0.29) is 12.5 Å². The molecule has 1 amide bonds. The smallest absolute Gasteiger partial charge is 0.269 e. The number of thioether (sulfide) groups is 1. The maximum Gasteiger partial charge on any atom is 0.269 e. The fourth-order valence-electron chi connectivity index (χ4n) is 2.07. The van der Waals surface area contributed by atoms with Crippen molar-refractivity contribution in [3.63, 3.8) is 0 Å². The van der Waals surface area contributed by atoms with Gasteiger partial charge in [0.2, 0.25) is 6.10 Å². The van der Waals surface area contributed by atoms with Gasteiger partial charge in [-0.15, -0.1) is 11.8 Å². The van der Waals surface area contributed by atoms with Crippen molar-refractivity contribution < 1.29 is 14.3 Å². The summed E-state index contributed by atoms with van der Waals surface area (Å²) in [5.74, 6) is 1.07. The number of para-hydroxylation sites is 2. The zero-order valence-corrected chi connectivity index (χ0v) is 12.4. The van der Waals surface area contributed by atoms with Gasteiger partial charge in [-0.3, -0.25) is 4.79 Å². The Balaban J connectivity index is 1.69. The van der Waals surface area contributed by atoms with Crippen LogP contribution in [0.4, 0.5) is 5.69 Å². The molecule has 0 spiro atoms. The molecule has 2 aromatic rings. The van der Waals surface area contributed by atoms with E-state index in [9.17, 15) is 4.79 Å². The standard InChI is InChI=1S/C16H15NO3S/c1-21-12-6-4-5-11(9-12)17-16(18)15-10-19-13-7-2-3-8-14(13)20-15/h2-9,15H,10H2,1H3,(H,17,18)/t15-/m1/s1. The molecule has 0 saturated heterocycles. The number of ether oxygens (including phenoxy) is 2. The van der Waals surface area contributed by atoms with Crippen LogP contribution < -0.4 is 14.8 Å². The molecule has 1 aliphatic rings. The molecule has 0 unspecified atom stereocenters. The molecule has 0 aromatic heterocycles. The summed E-state index contributed by atoms with van der Waals surface area (Å²) in [5, 5.41) is 2.86. The van der Waals surface area contributed by atoms with Gasteiger partial charge >= 0.3 is 0 Å². The summed E-state index contributed by atoms with van der Waals surface area (Å²) in [5.41, 5.74) is 0.759. The van der Waals surface area contributed by atoms with E-state index < -0.39 is 6.10 Å². The lowest BCUT2D eigenvalue weighted by molar-refractivity contribution is -0.125. The van der Waals surface area contributed by atoms with Gasteiger partial charge in [0.1, 0.15) is 6.61 Å². The molecule has 2 aromatic carbocycles. The van der Waals surface area contributed by atoms with Gasteiger partial charge in [0, 0.05) is 10.6 Å². The molecular formula is C16H15NO3S. The molecule has 1 N–H and O–H groups in total. The van der Waals surface area contributed by atoms with Crippen LogP contribution in [0.5, 0.6) is 11.5 Å².